The highest BCUT2D eigenvalue weighted by molar-refractivity contribution is 7.81. The first-order valence-electron chi connectivity index (χ1n) is 5.76. The Hall–Kier alpha value is -1.92. The van der Waals surface area contributed by atoms with Crippen molar-refractivity contribution in [1.29, 1.82) is 5.26 Å². The summed E-state index contributed by atoms with van der Waals surface area (Å²) in [5.74, 6) is 0. The number of hydrogen-bond donors (Lipinski definition) is 0. The molecule has 0 spiro atoms. The molecular formula is C15H14N2S. The quantitative estimate of drug-likeness (QED) is 0.622. The predicted octanol–water partition coefficient (Wildman–Crippen LogP) is 3.17. The van der Waals surface area contributed by atoms with Crippen LogP contribution in [-0.4, -0.2) is 9.43 Å². The molecule has 90 valence electrons. The van der Waals surface area contributed by atoms with Crippen LogP contribution in [0.2, 0.25) is 0 Å². The van der Waals surface area contributed by atoms with Gasteiger partial charge in [0.2, 0.25) is 0 Å². The van der Waals surface area contributed by atoms with E-state index in [0.29, 0.717) is 6.42 Å². The second-order valence-corrected chi connectivity index (χ2v) is 4.71. The monoisotopic (exact) mass is 254 g/mol. The minimum absolute atomic E-state index is 0.410. The van der Waals surface area contributed by atoms with Crippen molar-refractivity contribution in [3.63, 3.8) is 0 Å². The lowest BCUT2D eigenvalue weighted by Crippen LogP contribution is -2.08. The van der Waals surface area contributed by atoms with Gasteiger partial charge in [-0.1, -0.05) is 42.0 Å². The number of aromatic nitrogens is 1. The maximum atomic E-state index is 8.74. The summed E-state index contributed by atoms with van der Waals surface area (Å²) in [7, 11) is 1.95. The number of aryl methyl sites for hydroxylation is 1. The van der Waals surface area contributed by atoms with E-state index >= 15 is 0 Å². The van der Waals surface area contributed by atoms with E-state index < -0.39 is 0 Å². The van der Waals surface area contributed by atoms with Gasteiger partial charge in [-0.05, 0) is 24.6 Å². The van der Waals surface area contributed by atoms with Crippen molar-refractivity contribution in [2.75, 3.05) is 0 Å². The van der Waals surface area contributed by atoms with Crippen LogP contribution in [-0.2, 0) is 13.5 Å². The molecule has 1 aromatic carbocycles. The van der Waals surface area contributed by atoms with Gasteiger partial charge >= 0.3 is 0 Å². The third-order valence-corrected chi connectivity index (χ3v) is 3.48. The van der Waals surface area contributed by atoms with E-state index in [4.69, 9.17) is 17.5 Å². The van der Waals surface area contributed by atoms with Crippen molar-refractivity contribution in [2.45, 2.75) is 13.3 Å². The second kappa shape index (κ2) is 5.16. The van der Waals surface area contributed by atoms with E-state index in [1.54, 1.807) is 0 Å². The number of nitrogens with zero attached hydrogens (tertiary/aromatic N) is 2. The van der Waals surface area contributed by atoms with Gasteiger partial charge in [-0.3, -0.25) is 0 Å². The molecule has 0 aliphatic heterocycles. The van der Waals surface area contributed by atoms with E-state index in [9.17, 15) is 0 Å². The van der Waals surface area contributed by atoms with Crippen molar-refractivity contribution >= 4 is 17.1 Å². The summed E-state index contributed by atoms with van der Waals surface area (Å²) in [5.41, 5.74) is 4.24. The molecule has 0 atom stereocenters. The maximum absolute atomic E-state index is 8.74. The number of benzene rings is 1. The lowest BCUT2D eigenvalue weighted by Gasteiger charge is -2.08. The summed E-state index contributed by atoms with van der Waals surface area (Å²) in [5, 5.41) is 8.74. The molecule has 3 heteroatoms. The summed E-state index contributed by atoms with van der Waals surface area (Å²) in [6.07, 6.45) is 0.410. The first kappa shape index (κ1) is 12.5. The van der Waals surface area contributed by atoms with Gasteiger partial charge in [-0.25, -0.2) is 0 Å². The van der Waals surface area contributed by atoms with E-state index in [1.165, 1.54) is 5.56 Å². The van der Waals surface area contributed by atoms with Crippen molar-refractivity contribution < 1.29 is 0 Å². The first-order chi connectivity index (χ1) is 8.63. The Morgan fingerprint density at radius 3 is 2.50 bits per heavy atom. The number of thiocarbonyl (C=S) groups is 1. The second-order valence-electron chi connectivity index (χ2n) is 4.30. The third kappa shape index (κ3) is 2.34. The molecule has 0 aliphatic carbocycles. The van der Waals surface area contributed by atoms with Gasteiger partial charge < -0.3 is 4.57 Å². The summed E-state index contributed by atoms with van der Waals surface area (Å²) in [6.45, 7) is 2.06. The highest BCUT2D eigenvalue weighted by Gasteiger charge is 2.10. The van der Waals surface area contributed by atoms with Gasteiger partial charge in [-0.2, -0.15) is 5.26 Å². The van der Waals surface area contributed by atoms with Gasteiger partial charge in [0.05, 0.1) is 23.0 Å². The molecule has 1 heterocycles. The zero-order chi connectivity index (χ0) is 13.1. The first-order valence-corrected chi connectivity index (χ1v) is 6.17. The number of nitriles is 1. The Morgan fingerprint density at radius 2 is 1.89 bits per heavy atom. The topological polar surface area (TPSA) is 28.7 Å². The van der Waals surface area contributed by atoms with Crippen LogP contribution >= 0.6 is 12.2 Å². The van der Waals surface area contributed by atoms with Gasteiger partial charge in [0.15, 0.2) is 0 Å². The fourth-order valence-electron chi connectivity index (χ4n) is 1.89. The molecular weight excluding hydrogens is 240 g/mol. The van der Waals surface area contributed by atoms with Crippen molar-refractivity contribution in [3.05, 3.63) is 58.9 Å². The van der Waals surface area contributed by atoms with Crippen molar-refractivity contribution in [2.24, 2.45) is 7.05 Å². The Balaban J connectivity index is 2.35. The van der Waals surface area contributed by atoms with Crippen LogP contribution < -0.4 is 0 Å². The Kier molecular flexibility index (Phi) is 3.59. The Labute approximate surface area is 112 Å². The van der Waals surface area contributed by atoms with Crippen LogP contribution in [0, 0.1) is 18.3 Å². The van der Waals surface area contributed by atoms with Gasteiger partial charge in [0, 0.05) is 12.7 Å². The Bertz CT molecular complexity index is 615. The lowest BCUT2D eigenvalue weighted by atomic mass is 10.1. The molecule has 0 saturated carbocycles. The minimum atomic E-state index is 0.410. The van der Waals surface area contributed by atoms with Crippen molar-refractivity contribution in [3.8, 4) is 6.07 Å². The van der Waals surface area contributed by atoms with E-state index in [1.807, 2.05) is 35.9 Å². The average molecular weight is 254 g/mol. The molecule has 2 nitrogen and oxygen atoms in total. The Morgan fingerprint density at radius 1 is 1.22 bits per heavy atom. The SMILES string of the molecule is Cc1ccc(C(=S)c2ccc(CC#N)n2C)cc1. The smallest absolute Gasteiger partial charge is 0.0754 e. The normalized spacial score (nSPS) is 10.1. The van der Waals surface area contributed by atoms with Gasteiger partial charge in [0.1, 0.15) is 0 Å². The largest absolute Gasteiger partial charge is 0.346 e. The van der Waals surface area contributed by atoms with Crippen LogP contribution in [0.3, 0.4) is 0 Å². The lowest BCUT2D eigenvalue weighted by molar-refractivity contribution is 0.853. The molecule has 0 amide bonds. The fraction of sp³-hybridized carbons (Fsp3) is 0.200. The van der Waals surface area contributed by atoms with Gasteiger partial charge in [-0.15, -0.1) is 0 Å². The highest BCUT2D eigenvalue weighted by atomic mass is 32.1. The molecule has 0 fully saturated rings. The number of rotatable bonds is 3. The van der Waals surface area contributed by atoms with Crippen LogP contribution in [0.25, 0.3) is 0 Å². The molecule has 0 N–H and O–H groups in total. The third-order valence-electron chi connectivity index (χ3n) is 3.03. The molecule has 2 aromatic rings. The molecule has 0 unspecified atom stereocenters. The minimum Gasteiger partial charge on any atom is -0.346 e. The average Bonchev–Trinajstić information content (AvgIpc) is 2.72. The molecule has 0 bridgehead atoms. The highest BCUT2D eigenvalue weighted by Crippen LogP contribution is 2.15. The van der Waals surface area contributed by atoms with Crippen LogP contribution in [0.5, 0.6) is 0 Å². The zero-order valence-electron chi connectivity index (χ0n) is 10.5. The standard InChI is InChI=1S/C15H14N2S/c1-11-3-5-12(6-4-11)15(18)14-8-7-13(9-10-16)17(14)2/h3-8H,9H2,1-2H3. The fourth-order valence-corrected chi connectivity index (χ4v) is 2.23. The molecule has 2 rings (SSSR count). The summed E-state index contributed by atoms with van der Waals surface area (Å²) in [6, 6.07) is 14.3. The molecule has 0 radical (unpaired) electrons. The van der Waals surface area contributed by atoms with Crippen LogP contribution in [0.4, 0.5) is 0 Å². The van der Waals surface area contributed by atoms with Gasteiger partial charge in [0.25, 0.3) is 0 Å². The molecule has 18 heavy (non-hydrogen) atoms. The zero-order valence-corrected chi connectivity index (χ0v) is 11.3. The molecule has 1 aromatic heterocycles. The van der Waals surface area contributed by atoms with Crippen LogP contribution in [0.1, 0.15) is 22.5 Å². The van der Waals surface area contributed by atoms with E-state index in [-0.39, 0.29) is 0 Å². The molecule has 0 saturated heterocycles. The maximum Gasteiger partial charge on any atom is 0.0754 e. The molecule has 0 aliphatic rings. The summed E-state index contributed by atoms with van der Waals surface area (Å²) >= 11 is 5.51. The van der Waals surface area contributed by atoms with Crippen molar-refractivity contribution in [1.82, 2.24) is 4.57 Å². The van der Waals surface area contributed by atoms with E-state index in [0.717, 1.165) is 21.8 Å². The summed E-state index contributed by atoms with van der Waals surface area (Å²) < 4.78 is 1.99. The van der Waals surface area contributed by atoms with E-state index in [2.05, 4.69) is 25.1 Å². The number of hydrogen-bond acceptors (Lipinski definition) is 2. The summed E-state index contributed by atoms with van der Waals surface area (Å²) in [4.78, 5) is 0.821. The van der Waals surface area contributed by atoms with Crippen LogP contribution in [0.15, 0.2) is 36.4 Å². The predicted molar refractivity (Wildman–Crippen MR) is 76.7 cm³/mol.